The highest BCUT2D eigenvalue weighted by Gasteiger charge is 2.24. The number of ether oxygens (including phenoxy) is 3. The molecule has 0 spiro atoms. The molecule has 35 heavy (non-hydrogen) atoms. The Morgan fingerprint density at radius 2 is 1.80 bits per heavy atom. The number of amides is 1. The summed E-state index contributed by atoms with van der Waals surface area (Å²) in [6.07, 6.45) is 2.34. The van der Waals surface area contributed by atoms with Gasteiger partial charge >= 0.3 is 5.97 Å². The van der Waals surface area contributed by atoms with Gasteiger partial charge in [0.2, 0.25) is 10.0 Å². The van der Waals surface area contributed by atoms with Crippen LogP contribution in [0.25, 0.3) is 0 Å². The Morgan fingerprint density at radius 1 is 1.14 bits per heavy atom. The van der Waals surface area contributed by atoms with Crippen molar-refractivity contribution in [2.75, 3.05) is 30.8 Å². The van der Waals surface area contributed by atoms with E-state index in [0.717, 1.165) is 10.6 Å². The van der Waals surface area contributed by atoms with E-state index < -0.39 is 34.0 Å². The van der Waals surface area contributed by atoms with Crippen LogP contribution < -0.4 is 19.2 Å². The van der Waals surface area contributed by atoms with Gasteiger partial charge in [-0.25, -0.2) is 18.6 Å². The number of halogens is 1. The number of benzene rings is 2. The minimum Gasteiger partial charge on any atom is -0.495 e. The minimum atomic E-state index is -3.83. The first-order valence-electron chi connectivity index (χ1n) is 10.4. The van der Waals surface area contributed by atoms with E-state index in [0.29, 0.717) is 11.3 Å². The molecule has 190 valence electrons. The van der Waals surface area contributed by atoms with Crippen molar-refractivity contribution in [1.29, 1.82) is 0 Å². The summed E-state index contributed by atoms with van der Waals surface area (Å²) >= 11 is 5.99. The molecule has 0 unspecified atom stereocenters. The molecular weight excluding hydrogens is 498 g/mol. The second kappa shape index (κ2) is 11.9. The SMILES string of the molecule is COc1ccc(Cl)cc1N(CC(=O)N/N=C\c1ccc(OCC(=O)OC(C)(C)C)cc1)S(C)(=O)=O. The number of carbonyl (C=O) groups is 2. The average molecular weight is 526 g/mol. The van der Waals surface area contributed by atoms with Gasteiger partial charge in [-0.2, -0.15) is 5.10 Å². The number of methoxy groups -OCH3 is 1. The predicted octanol–water partition coefficient (Wildman–Crippen LogP) is 2.99. The molecule has 12 heteroatoms. The van der Waals surface area contributed by atoms with Crippen molar-refractivity contribution in [1.82, 2.24) is 5.43 Å². The molecule has 1 amide bonds. The van der Waals surface area contributed by atoms with Gasteiger partial charge in [-0.15, -0.1) is 0 Å². The maximum Gasteiger partial charge on any atom is 0.344 e. The maximum atomic E-state index is 12.4. The van der Waals surface area contributed by atoms with Crippen LogP contribution in [0, 0.1) is 0 Å². The number of hydrogen-bond donors (Lipinski definition) is 1. The van der Waals surface area contributed by atoms with Gasteiger partial charge < -0.3 is 14.2 Å². The van der Waals surface area contributed by atoms with Crippen LogP contribution in [0.3, 0.4) is 0 Å². The standard InChI is InChI=1S/C23H28ClN3O7S/c1-23(2,3)34-22(29)15-33-18-9-6-16(7-10-18)13-25-26-21(28)14-27(35(5,30)31)19-12-17(24)8-11-20(19)32-4/h6-13H,14-15H2,1-5H3,(H,26,28)/b25-13-. The van der Waals surface area contributed by atoms with Crippen molar-refractivity contribution >= 4 is 45.4 Å². The van der Waals surface area contributed by atoms with Gasteiger partial charge in [0.1, 0.15) is 23.6 Å². The van der Waals surface area contributed by atoms with Crippen LogP contribution in [0.1, 0.15) is 26.3 Å². The van der Waals surface area contributed by atoms with Crippen molar-refractivity contribution in [3.8, 4) is 11.5 Å². The Labute approximate surface area is 209 Å². The summed E-state index contributed by atoms with van der Waals surface area (Å²) in [5.41, 5.74) is 2.46. The minimum absolute atomic E-state index is 0.128. The van der Waals surface area contributed by atoms with Crippen LogP contribution in [0.5, 0.6) is 11.5 Å². The van der Waals surface area contributed by atoms with E-state index in [1.54, 1.807) is 51.1 Å². The molecule has 1 N–H and O–H groups in total. The van der Waals surface area contributed by atoms with Crippen LogP contribution >= 0.6 is 11.6 Å². The summed E-state index contributed by atoms with van der Waals surface area (Å²) in [6, 6.07) is 11.0. The lowest BCUT2D eigenvalue weighted by Crippen LogP contribution is -2.39. The molecule has 0 heterocycles. The summed E-state index contributed by atoms with van der Waals surface area (Å²) in [7, 11) is -2.45. The fraction of sp³-hybridized carbons (Fsp3) is 0.348. The van der Waals surface area contributed by atoms with Crippen molar-refractivity contribution in [3.63, 3.8) is 0 Å². The Morgan fingerprint density at radius 3 is 2.37 bits per heavy atom. The van der Waals surface area contributed by atoms with Crippen molar-refractivity contribution in [2.24, 2.45) is 5.10 Å². The third-order valence-electron chi connectivity index (χ3n) is 4.16. The van der Waals surface area contributed by atoms with E-state index in [9.17, 15) is 18.0 Å². The fourth-order valence-corrected chi connectivity index (χ4v) is 3.77. The van der Waals surface area contributed by atoms with Crippen LogP contribution in [0.4, 0.5) is 5.69 Å². The van der Waals surface area contributed by atoms with Crippen LogP contribution in [0.2, 0.25) is 5.02 Å². The van der Waals surface area contributed by atoms with Crippen molar-refractivity contribution < 1.29 is 32.2 Å². The van der Waals surface area contributed by atoms with E-state index in [-0.39, 0.29) is 23.1 Å². The van der Waals surface area contributed by atoms with E-state index >= 15 is 0 Å². The number of hydrazone groups is 1. The van der Waals surface area contributed by atoms with E-state index in [2.05, 4.69) is 10.5 Å². The van der Waals surface area contributed by atoms with E-state index in [1.807, 2.05) is 0 Å². The normalized spacial score (nSPS) is 11.7. The molecule has 0 aliphatic carbocycles. The van der Waals surface area contributed by atoms with E-state index in [1.165, 1.54) is 25.5 Å². The summed E-state index contributed by atoms with van der Waals surface area (Å²) < 4.78 is 41.2. The molecule has 10 nitrogen and oxygen atoms in total. The molecule has 0 bridgehead atoms. The van der Waals surface area contributed by atoms with Gasteiger partial charge in [-0.05, 0) is 68.8 Å². The monoisotopic (exact) mass is 525 g/mol. The maximum absolute atomic E-state index is 12.4. The van der Waals surface area contributed by atoms with Crippen LogP contribution in [-0.2, 0) is 24.3 Å². The number of nitrogens with one attached hydrogen (secondary N) is 1. The molecule has 0 aromatic heterocycles. The molecule has 2 aromatic carbocycles. The summed E-state index contributed by atoms with van der Waals surface area (Å²) in [4.78, 5) is 24.1. The number of sulfonamides is 1. The molecule has 0 aliphatic heterocycles. The predicted molar refractivity (Wildman–Crippen MR) is 134 cm³/mol. The lowest BCUT2D eigenvalue weighted by Gasteiger charge is -2.23. The molecule has 0 saturated carbocycles. The zero-order valence-electron chi connectivity index (χ0n) is 20.1. The highest BCUT2D eigenvalue weighted by molar-refractivity contribution is 7.92. The van der Waals surface area contributed by atoms with Gasteiger partial charge in [0, 0.05) is 5.02 Å². The number of rotatable bonds is 10. The first kappa shape index (κ1) is 27.9. The number of nitrogens with zero attached hydrogens (tertiary/aromatic N) is 2. The second-order valence-corrected chi connectivity index (χ2v) is 10.7. The summed E-state index contributed by atoms with van der Waals surface area (Å²) in [5, 5.41) is 4.14. The molecular formula is C23H28ClN3O7S. The summed E-state index contributed by atoms with van der Waals surface area (Å²) in [6.45, 7) is 4.54. The van der Waals surface area contributed by atoms with Crippen molar-refractivity contribution in [3.05, 3.63) is 53.1 Å². The largest absolute Gasteiger partial charge is 0.495 e. The quantitative estimate of drug-likeness (QED) is 0.287. The second-order valence-electron chi connectivity index (χ2n) is 8.32. The molecule has 2 aromatic rings. The lowest BCUT2D eigenvalue weighted by atomic mass is 10.2. The van der Waals surface area contributed by atoms with Crippen molar-refractivity contribution in [2.45, 2.75) is 26.4 Å². The Balaban J connectivity index is 1.97. The number of carbonyl (C=O) groups excluding carboxylic acids is 2. The van der Waals surface area contributed by atoms with E-state index in [4.69, 9.17) is 25.8 Å². The number of esters is 1. The van der Waals surface area contributed by atoms with Gasteiger partial charge in [-0.1, -0.05) is 11.6 Å². The Hall–Kier alpha value is -3.31. The van der Waals surface area contributed by atoms with Gasteiger partial charge in [0.15, 0.2) is 6.61 Å². The van der Waals surface area contributed by atoms with Gasteiger partial charge in [0.05, 0.1) is 25.3 Å². The molecule has 0 saturated heterocycles. The molecule has 0 radical (unpaired) electrons. The third-order valence-corrected chi connectivity index (χ3v) is 5.52. The molecule has 0 atom stereocenters. The lowest BCUT2D eigenvalue weighted by molar-refractivity contribution is -0.157. The number of hydrogen-bond acceptors (Lipinski definition) is 8. The van der Waals surface area contributed by atoms with Crippen LogP contribution in [0.15, 0.2) is 47.6 Å². The molecule has 2 rings (SSSR count). The molecule has 0 fully saturated rings. The van der Waals surface area contributed by atoms with Crippen LogP contribution in [-0.4, -0.2) is 58.6 Å². The fourth-order valence-electron chi connectivity index (χ4n) is 2.75. The smallest absolute Gasteiger partial charge is 0.344 e. The highest BCUT2D eigenvalue weighted by Crippen LogP contribution is 2.32. The zero-order valence-corrected chi connectivity index (χ0v) is 21.6. The average Bonchev–Trinajstić information content (AvgIpc) is 2.75. The Kier molecular flexibility index (Phi) is 9.49. The highest BCUT2D eigenvalue weighted by atomic mass is 35.5. The topological polar surface area (TPSA) is 124 Å². The number of anilines is 1. The first-order valence-corrected chi connectivity index (χ1v) is 12.6. The third kappa shape index (κ3) is 9.45. The molecule has 0 aliphatic rings. The Bertz CT molecular complexity index is 1180. The van der Waals surface area contributed by atoms with Gasteiger partial charge in [0.25, 0.3) is 5.91 Å². The van der Waals surface area contributed by atoms with Gasteiger partial charge in [-0.3, -0.25) is 9.10 Å². The first-order chi connectivity index (χ1) is 16.3. The zero-order chi connectivity index (χ0) is 26.2. The summed E-state index contributed by atoms with van der Waals surface area (Å²) in [5.74, 6) is -0.461.